The van der Waals surface area contributed by atoms with E-state index in [-0.39, 0.29) is 0 Å². The lowest BCUT2D eigenvalue weighted by atomic mass is 10.1. The summed E-state index contributed by atoms with van der Waals surface area (Å²) < 4.78 is 0. The number of rotatable bonds is 10. The lowest BCUT2D eigenvalue weighted by Gasteiger charge is -2.09. The third-order valence-electron chi connectivity index (χ3n) is 4.34. The maximum absolute atomic E-state index is 4.55. The van der Waals surface area contributed by atoms with Gasteiger partial charge in [-0.1, -0.05) is 18.2 Å². The van der Waals surface area contributed by atoms with Gasteiger partial charge in [0.15, 0.2) is 0 Å². The van der Waals surface area contributed by atoms with Gasteiger partial charge in [0.05, 0.1) is 11.4 Å². The van der Waals surface area contributed by atoms with Crippen molar-refractivity contribution in [2.24, 2.45) is 0 Å². The standard InChI is InChI=1S/C21H26N4S/c1-17-7-4-12-24-19(17)15-22-10-2-3-11-23-16-20-18(8-5-13-25-20)21-9-6-14-26-21/h4-9,12-14,22-23H,2-3,10-11,15-16H2,1H3. The van der Waals surface area contributed by atoms with Gasteiger partial charge in [0.2, 0.25) is 0 Å². The van der Waals surface area contributed by atoms with Gasteiger partial charge in [0.25, 0.3) is 0 Å². The molecule has 3 heterocycles. The molecule has 0 radical (unpaired) electrons. The highest BCUT2D eigenvalue weighted by Gasteiger charge is 2.06. The average Bonchev–Trinajstić information content (AvgIpc) is 3.20. The van der Waals surface area contributed by atoms with E-state index in [0.29, 0.717) is 0 Å². The first-order valence-corrected chi connectivity index (χ1v) is 10.0. The summed E-state index contributed by atoms with van der Waals surface area (Å²) in [5.74, 6) is 0. The lowest BCUT2D eigenvalue weighted by molar-refractivity contribution is 0.576. The van der Waals surface area contributed by atoms with Crippen LogP contribution in [0.15, 0.2) is 54.2 Å². The molecule has 0 aliphatic carbocycles. The zero-order valence-electron chi connectivity index (χ0n) is 15.2. The number of unbranched alkanes of at least 4 members (excludes halogenated alkanes) is 1. The molecule has 136 valence electrons. The zero-order chi connectivity index (χ0) is 18.0. The highest BCUT2D eigenvalue weighted by atomic mass is 32.1. The van der Waals surface area contributed by atoms with Crippen LogP contribution >= 0.6 is 11.3 Å². The first-order chi connectivity index (χ1) is 12.8. The van der Waals surface area contributed by atoms with Crippen molar-refractivity contribution in [2.45, 2.75) is 32.9 Å². The Morgan fingerprint density at radius 3 is 2.23 bits per heavy atom. The molecule has 0 aliphatic heterocycles. The van der Waals surface area contributed by atoms with E-state index in [1.807, 2.05) is 24.5 Å². The van der Waals surface area contributed by atoms with Gasteiger partial charge in [-0.3, -0.25) is 9.97 Å². The van der Waals surface area contributed by atoms with Crippen LogP contribution in [0.5, 0.6) is 0 Å². The number of aromatic nitrogens is 2. The first kappa shape index (κ1) is 18.7. The van der Waals surface area contributed by atoms with Gasteiger partial charge in [0, 0.05) is 35.9 Å². The molecule has 0 aromatic carbocycles. The Labute approximate surface area is 159 Å². The molecule has 0 amide bonds. The maximum atomic E-state index is 4.55. The SMILES string of the molecule is Cc1cccnc1CNCCCCNCc1ncccc1-c1cccs1. The number of aryl methyl sites for hydroxylation is 1. The third-order valence-corrected chi connectivity index (χ3v) is 5.24. The zero-order valence-corrected chi connectivity index (χ0v) is 16.1. The fourth-order valence-electron chi connectivity index (χ4n) is 2.85. The summed E-state index contributed by atoms with van der Waals surface area (Å²) in [4.78, 5) is 10.2. The van der Waals surface area contributed by atoms with Crippen LogP contribution in [-0.4, -0.2) is 23.1 Å². The summed E-state index contributed by atoms with van der Waals surface area (Å²) in [6.45, 7) is 5.79. The highest BCUT2D eigenvalue weighted by molar-refractivity contribution is 7.13. The molecule has 0 unspecified atom stereocenters. The van der Waals surface area contributed by atoms with E-state index in [1.54, 1.807) is 11.3 Å². The summed E-state index contributed by atoms with van der Waals surface area (Å²) in [6, 6.07) is 12.5. The molecule has 0 aliphatic rings. The van der Waals surface area contributed by atoms with E-state index < -0.39 is 0 Å². The smallest absolute Gasteiger partial charge is 0.0627 e. The fraction of sp³-hybridized carbons (Fsp3) is 0.333. The number of hydrogen-bond donors (Lipinski definition) is 2. The molecule has 3 rings (SSSR count). The van der Waals surface area contributed by atoms with Crippen molar-refractivity contribution >= 4 is 11.3 Å². The van der Waals surface area contributed by atoms with Crippen LogP contribution in [0, 0.1) is 6.92 Å². The Morgan fingerprint density at radius 1 is 0.846 bits per heavy atom. The van der Waals surface area contributed by atoms with Crippen LogP contribution in [0.25, 0.3) is 10.4 Å². The molecule has 2 N–H and O–H groups in total. The highest BCUT2D eigenvalue weighted by Crippen LogP contribution is 2.26. The van der Waals surface area contributed by atoms with E-state index in [2.05, 4.69) is 57.2 Å². The normalized spacial score (nSPS) is 11.0. The quantitative estimate of drug-likeness (QED) is 0.529. The van der Waals surface area contributed by atoms with Crippen molar-refractivity contribution in [3.8, 4) is 10.4 Å². The minimum absolute atomic E-state index is 0.814. The Morgan fingerprint density at radius 2 is 1.54 bits per heavy atom. The van der Waals surface area contributed by atoms with E-state index in [9.17, 15) is 0 Å². The fourth-order valence-corrected chi connectivity index (χ4v) is 3.63. The largest absolute Gasteiger partial charge is 0.311 e. The molecule has 0 saturated heterocycles. The van der Waals surface area contributed by atoms with Gasteiger partial charge in [-0.2, -0.15) is 0 Å². The van der Waals surface area contributed by atoms with Crippen LogP contribution in [-0.2, 0) is 13.1 Å². The van der Waals surface area contributed by atoms with E-state index in [0.717, 1.165) is 50.4 Å². The van der Waals surface area contributed by atoms with Gasteiger partial charge in [0.1, 0.15) is 0 Å². The second kappa shape index (κ2) is 10.2. The molecule has 0 spiro atoms. The van der Waals surface area contributed by atoms with E-state index >= 15 is 0 Å². The van der Waals surface area contributed by atoms with Crippen LogP contribution in [0.4, 0.5) is 0 Å². The molecule has 0 bridgehead atoms. The van der Waals surface area contributed by atoms with Crippen molar-refractivity contribution in [3.05, 3.63) is 71.1 Å². The summed E-state index contributed by atoms with van der Waals surface area (Å²) in [7, 11) is 0. The number of hydrogen-bond acceptors (Lipinski definition) is 5. The van der Waals surface area contributed by atoms with Gasteiger partial charge >= 0.3 is 0 Å². The predicted molar refractivity (Wildman–Crippen MR) is 109 cm³/mol. The van der Waals surface area contributed by atoms with E-state index in [4.69, 9.17) is 0 Å². The number of nitrogens with zero attached hydrogens (tertiary/aromatic N) is 2. The van der Waals surface area contributed by atoms with Crippen LogP contribution < -0.4 is 10.6 Å². The Kier molecular flexibility index (Phi) is 7.31. The molecule has 0 saturated carbocycles. The van der Waals surface area contributed by atoms with Gasteiger partial charge in [-0.25, -0.2) is 0 Å². The molecule has 0 atom stereocenters. The van der Waals surface area contributed by atoms with Crippen molar-refractivity contribution < 1.29 is 0 Å². The second-order valence-electron chi connectivity index (χ2n) is 6.30. The molecular formula is C21H26N4S. The van der Waals surface area contributed by atoms with Crippen LogP contribution in [0.1, 0.15) is 29.8 Å². The lowest BCUT2D eigenvalue weighted by Crippen LogP contribution is -2.20. The molecule has 3 aromatic heterocycles. The molecule has 3 aromatic rings. The summed E-state index contributed by atoms with van der Waals surface area (Å²) in [6.07, 6.45) is 6.03. The van der Waals surface area contributed by atoms with Gasteiger partial charge in [-0.15, -0.1) is 11.3 Å². The van der Waals surface area contributed by atoms with Crippen molar-refractivity contribution in [2.75, 3.05) is 13.1 Å². The van der Waals surface area contributed by atoms with Gasteiger partial charge < -0.3 is 10.6 Å². The number of pyridine rings is 2. The topological polar surface area (TPSA) is 49.8 Å². The Bertz CT molecular complexity index is 786. The number of thiophene rings is 1. The molecule has 26 heavy (non-hydrogen) atoms. The Hall–Kier alpha value is -2.08. The molecule has 0 fully saturated rings. The minimum atomic E-state index is 0.814. The van der Waals surface area contributed by atoms with E-state index in [1.165, 1.54) is 16.0 Å². The molecule has 5 heteroatoms. The Balaban J connectivity index is 1.32. The minimum Gasteiger partial charge on any atom is -0.311 e. The van der Waals surface area contributed by atoms with Crippen molar-refractivity contribution in [1.29, 1.82) is 0 Å². The maximum Gasteiger partial charge on any atom is 0.0627 e. The summed E-state index contributed by atoms with van der Waals surface area (Å²) >= 11 is 1.76. The van der Waals surface area contributed by atoms with Crippen LogP contribution in [0.2, 0.25) is 0 Å². The first-order valence-electron chi connectivity index (χ1n) is 9.14. The summed E-state index contributed by atoms with van der Waals surface area (Å²) in [5, 5.41) is 9.11. The van der Waals surface area contributed by atoms with Crippen molar-refractivity contribution in [3.63, 3.8) is 0 Å². The average molecular weight is 367 g/mol. The summed E-state index contributed by atoms with van der Waals surface area (Å²) in [5.41, 5.74) is 4.75. The molecular weight excluding hydrogens is 340 g/mol. The third kappa shape index (κ3) is 5.46. The number of nitrogens with one attached hydrogen (secondary N) is 2. The monoisotopic (exact) mass is 366 g/mol. The second-order valence-corrected chi connectivity index (χ2v) is 7.25. The predicted octanol–water partition coefficient (Wildman–Crippen LogP) is 4.17. The van der Waals surface area contributed by atoms with Gasteiger partial charge in [-0.05, 0) is 62.0 Å². The molecule has 4 nitrogen and oxygen atoms in total. The van der Waals surface area contributed by atoms with Crippen LogP contribution in [0.3, 0.4) is 0 Å². The van der Waals surface area contributed by atoms with Crippen molar-refractivity contribution in [1.82, 2.24) is 20.6 Å².